The van der Waals surface area contributed by atoms with Gasteiger partial charge >= 0.3 is 12.1 Å². The molecule has 0 bridgehead atoms. The van der Waals surface area contributed by atoms with Gasteiger partial charge < -0.3 is 15.2 Å². The number of aliphatic carboxylic acids is 1. The van der Waals surface area contributed by atoms with Crippen LogP contribution in [-0.4, -0.2) is 51.7 Å². The molecule has 11 heteroatoms. The van der Waals surface area contributed by atoms with E-state index in [1.54, 1.807) is 0 Å². The van der Waals surface area contributed by atoms with Crippen molar-refractivity contribution in [3.63, 3.8) is 0 Å². The second-order valence-corrected chi connectivity index (χ2v) is 6.48. The van der Waals surface area contributed by atoms with Gasteiger partial charge in [-0.15, -0.1) is 5.10 Å². The highest BCUT2D eigenvalue weighted by Crippen LogP contribution is 2.31. The van der Waals surface area contributed by atoms with E-state index in [1.807, 2.05) is 0 Å². The number of rotatable bonds is 5. The van der Waals surface area contributed by atoms with E-state index < -0.39 is 29.0 Å². The van der Waals surface area contributed by atoms with Gasteiger partial charge in [-0.1, -0.05) is 11.3 Å². The summed E-state index contributed by atoms with van der Waals surface area (Å²) in [5.41, 5.74) is -2.02. The zero-order chi connectivity index (χ0) is 20.4. The van der Waals surface area contributed by atoms with E-state index in [0.29, 0.717) is 0 Å². The lowest BCUT2D eigenvalue weighted by Gasteiger charge is -2.32. The van der Waals surface area contributed by atoms with Crippen LogP contribution in [0.5, 0.6) is 0 Å². The van der Waals surface area contributed by atoms with Gasteiger partial charge in [0.2, 0.25) is 0 Å². The molecule has 1 fully saturated rings. The van der Waals surface area contributed by atoms with Crippen molar-refractivity contribution < 1.29 is 32.6 Å². The molecule has 1 saturated heterocycles. The molecule has 0 spiro atoms. The number of nitrogens with zero attached hydrogens (tertiary/aromatic N) is 3. The van der Waals surface area contributed by atoms with Crippen LogP contribution in [0.15, 0.2) is 30.5 Å². The van der Waals surface area contributed by atoms with Crippen molar-refractivity contribution in [2.45, 2.75) is 19.0 Å². The summed E-state index contributed by atoms with van der Waals surface area (Å²) >= 11 is 0. The molecule has 1 aromatic carbocycles. The third-order valence-electron chi connectivity index (χ3n) is 4.65. The average Bonchev–Trinajstić information content (AvgIpc) is 3.16. The van der Waals surface area contributed by atoms with Crippen LogP contribution in [-0.2, 0) is 15.7 Å². The normalized spacial score (nSPS) is 16.5. The number of alkyl halides is 3. The summed E-state index contributed by atoms with van der Waals surface area (Å²) in [6, 6.07) is 4.43. The maximum Gasteiger partial charge on any atom is 0.416 e. The van der Waals surface area contributed by atoms with Crippen LogP contribution in [0, 0.1) is 5.41 Å². The number of aromatic nitrogens is 3. The van der Waals surface area contributed by atoms with E-state index in [0.717, 1.165) is 16.8 Å². The van der Waals surface area contributed by atoms with Crippen LogP contribution in [0.4, 0.5) is 13.2 Å². The molecule has 0 saturated carbocycles. The first-order valence-corrected chi connectivity index (χ1v) is 8.41. The number of carbonyl (C=O) groups is 2. The molecule has 28 heavy (non-hydrogen) atoms. The Morgan fingerprint density at radius 2 is 2.00 bits per heavy atom. The van der Waals surface area contributed by atoms with Crippen molar-refractivity contribution in [2.24, 2.45) is 5.41 Å². The highest BCUT2D eigenvalue weighted by atomic mass is 19.4. The van der Waals surface area contributed by atoms with E-state index >= 15 is 0 Å². The van der Waals surface area contributed by atoms with Gasteiger partial charge in [-0.3, -0.25) is 9.59 Å². The number of carbonyl (C=O) groups excluding carboxylic acids is 1. The van der Waals surface area contributed by atoms with Gasteiger partial charge in [-0.25, -0.2) is 4.68 Å². The molecular weight excluding hydrogens is 381 g/mol. The number of amides is 1. The van der Waals surface area contributed by atoms with Crippen molar-refractivity contribution in [3.05, 3.63) is 41.7 Å². The zero-order valence-corrected chi connectivity index (χ0v) is 14.6. The quantitative estimate of drug-likeness (QED) is 0.797. The molecule has 8 nitrogen and oxygen atoms in total. The monoisotopic (exact) mass is 398 g/mol. The summed E-state index contributed by atoms with van der Waals surface area (Å²) in [4.78, 5) is 23.9. The first-order chi connectivity index (χ1) is 13.2. The topological polar surface area (TPSA) is 106 Å². The minimum atomic E-state index is -4.51. The molecule has 2 aromatic rings. The number of carboxylic acid groups (broad SMARTS) is 1. The van der Waals surface area contributed by atoms with Gasteiger partial charge in [0.05, 0.1) is 22.9 Å². The van der Waals surface area contributed by atoms with E-state index in [-0.39, 0.29) is 44.0 Å². The summed E-state index contributed by atoms with van der Waals surface area (Å²) < 4.78 is 44.7. The number of hydrogen-bond donors (Lipinski definition) is 2. The fraction of sp³-hybridized carbons (Fsp3) is 0.412. The van der Waals surface area contributed by atoms with Gasteiger partial charge in [0.15, 0.2) is 5.69 Å². The smallest absolute Gasteiger partial charge is 0.416 e. The summed E-state index contributed by atoms with van der Waals surface area (Å²) in [6.45, 7) is 0.461. The Morgan fingerprint density at radius 3 is 2.64 bits per heavy atom. The van der Waals surface area contributed by atoms with Crippen LogP contribution in [0.2, 0.25) is 0 Å². The number of ether oxygens (including phenoxy) is 1. The lowest BCUT2D eigenvalue weighted by Crippen LogP contribution is -2.46. The minimum Gasteiger partial charge on any atom is -0.481 e. The number of hydrogen-bond acceptors (Lipinski definition) is 5. The molecule has 1 aromatic heterocycles. The molecule has 1 aliphatic heterocycles. The molecule has 1 aliphatic rings. The number of carboxylic acids is 1. The Bertz CT molecular complexity index is 875. The predicted octanol–water partition coefficient (Wildman–Crippen LogP) is 1.90. The Morgan fingerprint density at radius 1 is 1.29 bits per heavy atom. The van der Waals surface area contributed by atoms with E-state index in [2.05, 4.69) is 15.6 Å². The summed E-state index contributed by atoms with van der Waals surface area (Å²) in [6.07, 6.45) is -2.80. The highest BCUT2D eigenvalue weighted by Gasteiger charge is 2.40. The molecular formula is C17H17F3N4O4. The number of halogens is 3. The first kappa shape index (κ1) is 19.8. The van der Waals surface area contributed by atoms with Crippen molar-refractivity contribution in [2.75, 3.05) is 19.8 Å². The highest BCUT2D eigenvalue weighted by molar-refractivity contribution is 5.92. The Labute approximate surface area is 157 Å². The summed E-state index contributed by atoms with van der Waals surface area (Å²) in [5, 5.41) is 19.3. The van der Waals surface area contributed by atoms with Crippen LogP contribution in [0.1, 0.15) is 28.9 Å². The molecule has 1 amide bonds. The molecule has 2 heterocycles. The van der Waals surface area contributed by atoms with Crippen LogP contribution in [0.25, 0.3) is 5.69 Å². The van der Waals surface area contributed by atoms with Crippen LogP contribution in [0.3, 0.4) is 0 Å². The molecule has 0 radical (unpaired) electrons. The number of benzene rings is 1. The number of nitrogens with one attached hydrogen (secondary N) is 1. The first-order valence-electron chi connectivity index (χ1n) is 8.41. The van der Waals surface area contributed by atoms with Crippen molar-refractivity contribution in [1.82, 2.24) is 20.3 Å². The summed E-state index contributed by atoms with van der Waals surface area (Å²) in [5.74, 6) is -1.69. The maximum atomic E-state index is 12.8. The minimum absolute atomic E-state index is 0.0906. The fourth-order valence-electron chi connectivity index (χ4n) is 2.89. The lowest BCUT2D eigenvalue weighted by atomic mass is 9.80. The molecule has 0 aliphatic carbocycles. The van der Waals surface area contributed by atoms with Gasteiger partial charge in [0.25, 0.3) is 5.91 Å². The van der Waals surface area contributed by atoms with E-state index in [9.17, 15) is 27.9 Å². The molecule has 2 N–H and O–H groups in total. The largest absolute Gasteiger partial charge is 0.481 e. The molecule has 0 unspecified atom stereocenters. The van der Waals surface area contributed by atoms with E-state index in [1.165, 1.54) is 18.3 Å². The van der Waals surface area contributed by atoms with Gasteiger partial charge in [-0.2, -0.15) is 13.2 Å². The van der Waals surface area contributed by atoms with Gasteiger partial charge in [-0.05, 0) is 31.0 Å². The van der Waals surface area contributed by atoms with Crippen LogP contribution < -0.4 is 5.32 Å². The third-order valence-corrected chi connectivity index (χ3v) is 4.65. The maximum absolute atomic E-state index is 12.8. The molecule has 0 atom stereocenters. The van der Waals surface area contributed by atoms with Gasteiger partial charge in [0, 0.05) is 19.8 Å². The van der Waals surface area contributed by atoms with E-state index in [4.69, 9.17) is 4.74 Å². The predicted molar refractivity (Wildman–Crippen MR) is 88.8 cm³/mol. The second-order valence-electron chi connectivity index (χ2n) is 6.48. The Hall–Kier alpha value is -2.95. The fourth-order valence-corrected chi connectivity index (χ4v) is 2.89. The molecule has 150 valence electrons. The molecule has 3 rings (SSSR count). The Kier molecular flexibility index (Phi) is 5.36. The Balaban J connectivity index is 1.71. The second kappa shape index (κ2) is 7.58. The van der Waals surface area contributed by atoms with Gasteiger partial charge in [0.1, 0.15) is 0 Å². The van der Waals surface area contributed by atoms with Crippen molar-refractivity contribution in [3.8, 4) is 5.69 Å². The van der Waals surface area contributed by atoms with Crippen molar-refractivity contribution >= 4 is 11.9 Å². The lowest BCUT2D eigenvalue weighted by molar-refractivity contribution is -0.154. The van der Waals surface area contributed by atoms with Crippen LogP contribution >= 0.6 is 0 Å². The summed E-state index contributed by atoms with van der Waals surface area (Å²) in [7, 11) is 0. The average molecular weight is 398 g/mol. The standard InChI is InChI=1S/C17H17F3N4O4/c18-17(19,20)11-2-1-3-12(8-11)24-9-13(22-23-24)14(25)21-10-16(15(26)27)4-6-28-7-5-16/h1-3,8-9H,4-7,10H2,(H,21,25)(H,26,27). The third kappa shape index (κ3) is 4.14. The SMILES string of the molecule is O=C(NCC1(C(=O)O)CCOCC1)c1cn(-c2cccc(C(F)(F)F)c2)nn1. The zero-order valence-electron chi connectivity index (χ0n) is 14.6. The van der Waals surface area contributed by atoms with Crippen molar-refractivity contribution in [1.29, 1.82) is 0 Å².